The highest BCUT2D eigenvalue weighted by Gasteiger charge is 2.12. The summed E-state index contributed by atoms with van der Waals surface area (Å²) >= 11 is 1.32. The van der Waals surface area contributed by atoms with Crippen LogP contribution in [0.5, 0.6) is 0 Å². The van der Waals surface area contributed by atoms with Crippen LogP contribution in [-0.2, 0) is 6.54 Å². The summed E-state index contributed by atoms with van der Waals surface area (Å²) in [5, 5.41) is 12.3. The van der Waals surface area contributed by atoms with Gasteiger partial charge >= 0.3 is 5.97 Å². The molecule has 5 heteroatoms. The van der Waals surface area contributed by atoms with Gasteiger partial charge in [0.2, 0.25) is 0 Å². The van der Waals surface area contributed by atoms with Crippen LogP contribution in [0.25, 0.3) is 0 Å². The molecule has 0 radical (unpaired) electrons. The van der Waals surface area contributed by atoms with E-state index in [4.69, 9.17) is 5.11 Å². The van der Waals surface area contributed by atoms with Gasteiger partial charge in [0.15, 0.2) is 0 Å². The van der Waals surface area contributed by atoms with Gasteiger partial charge in [0.1, 0.15) is 4.88 Å². The van der Waals surface area contributed by atoms with E-state index in [0.29, 0.717) is 11.4 Å². The molecule has 2 aromatic heterocycles. The molecule has 100 valence electrons. The van der Waals surface area contributed by atoms with Crippen molar-refractivity contribution < 1.29 is 9.90 Å². The maximum atomic E-state index is 10.9. The molecule has 0 saturated carbocycles. The SMILES string of the molecule is Cc1sc(C(=O)O)cc1CNC(C)c1cccnc1. The van der Waals surface area contributed by atoms with E-state index in [-0.39, 0.29) is 6.04 Å². The summed E-state index contributed by atoms with van der Waals surface area (Å²) in [7, 11) is 0. The number of nitrogens with one attached hydrogen (secondary N) is 1. The Hall–Kier alpha value is -1.72. The lowest BCUT2D eigenvalue weighted by molar-refractivity contribution is 0.0702. The summed E-state index contributed by atoms with van der Waals surface area (Å²) in [6, 6.07) is 5.85. The van der Waals surface area contributed by atoms with E-state index in [2.05, 4.69) is 17.2 Å². The fourth-order valence-corrected chi connectivity index (χ4v) is 2.69. The van der Waals surface area contributed by atoms with Crippen molar-refractivity contribution >= 4 is 17.3 Å². The van der Waals surface area contributed by atoms with Crippen molar-refractivity contribution in [3.8, 4) is 0 Å². The number of hydrogen-bond donors (Lipinski definition) is 2. The second kappa shape index (κ2) is 5.95. The number of hydrogen-bond acceptors (Lipinski definition) is 4. The average molecular weight is 276 g/mol. The number of carboxylic acids is 1. The summed E-state index contributed by atoms with van der Waals surface area (Å²) in [4.78, 5) is 16.4. The molecule has 2 heterocycles. The van der Waals surface area contributed by atoms with Gasteiger partial charge < -0.3 is 10.4 Å². The third-order valence-corrected chi connectivity index (χ3v) is 4.10. The zero-order chi connectivity index (χ0) is 13.8. The molecule has 2 rings (SSSR count). The third-order valence-electron chi connectivity index (χ3n) is 3.01. The zero-order valence-corrected chi connectivity index (χ0v) is 11.7. The Morgan fingerprint density at radius 3 is 2.95 bits per heavy atom. The highest BCUT2D eigenvalue weighted by molar-refractivity contribution is 7.14. The van der Waals surface area contributed by atoms with E-state index in [0.717, 1.165) is 16.0 Å². The second-order valence-corrected chi connectivity index (χ2v) is 5.64. The Kier molecular flexibility index (Phi) is 4.29. The van der Waals surface area contributed by atoms with Crippen LogP contribution in [0, 0.1) is 6.92 Å². The largest absolute Gasteiger partial charge is 0.477 e. The number of nitrogens with zero attached hydrogens (tertiary/aromatic N) is 1. The van der Waals surface area contributed by atoms with E-state index in [1.165, 1.54) is 11.3 Å². The molecule has 0 aliphatic rings. The highest BCUT2D eigenvalue weighted by atomic mass is 32.1. The number of pyridine rings is 1. The lowest BCUT2D eigenvalue weighted by atomic mass is 10.1. The van der Waals surface area contributed by atoms with Gasteiger partial charge in [0.25, 0.3) is 0 Å². The van der Waals surface area contributed by atoms with E-state index >= 15 is 0 Å². The zero-order valence-electron chi connectivity index (χ0n) is 10.9. The molecule has 2 aromatic rings. The van der Waals surface area contributed by atoms with E-state index < -0.39 is 5.97 Å². The molecule has 0 spiro atoms. The number of rotatable bonds is 5. The molecule has 0 fully saturated rings. The van der Waals surface area contributed by atoms with Crippen LogP contribution in [0.4, 0.5) is 0 Å². The molecular weight excluding hydrogens is 260 g/mol. The molecule has 1 unspecified atom stereocenters. The van der Waals surface area contributed by atoms with Crippen molar-refractivity contribution in [1.29, 1.82) is 0 Å². The van der Waals surface area contributed by atoms with Crippen molar-refractivity contribution in [1.82, 2.24) is 10.3 Å². The first-order chi connectivity index (χ1) is 9.08. The summed E-state index contributed by atoms with van der Waals surface area (Å²) in [6.45, 7) is 4.67. The van der Waals surface area contributed by atoms with Gasteiger partial charge in [-0.3, -0.25) is 4.98 Å². The van der Waals surface area contributed by atoms with Gasteiger partial charge in [-0.2, -0.15) is 0 Å². The van der Waals surface area contributed by atoms with Crippen molar-refractivity contribution in [3.63, 3.8) is 0 Å². The van der Waals surface area contributed by atoms with Crippen molar-refractivity contribution in [2.24, 2.45) is 0 Å². The summed E-state index contributed by atoms with van der Waals surface area (Å²) in [5.74, 6) is -0.861. The topological polar surface area (TPSA) is 62.2 Å². The molecule has 0 amide bonds. The quantitative estimate of drug-likeness (QED) is 0.881. The van der Waals surface area contributed by atoms with Crippen LogP contribution >= 0.6 is 11.3 Å². The first kappa shape index (κ1) is 13.7. The Labute approximate surface area is 116 Å². The number of aromatic nitrogens is 1. The Morgan fingerprint density at radius 2 is 2.37 bits per heavy atom. The van der Waals surface area contributed by atoms with Crippen LogP contribution in [-0.4, -0.2) is 16.1 Å². The van der Waals surface area contributed by atoms with Crippen LogP contribution in [0.1, 0.15) is 38.6 Å². The number of carboxylic acid groups (broad SMARTS) is 1. The van der Waals surface area contributed by atoms with Gasteiger partial charge in [0, 0.05) is 29.9 Å². The normalized spacial score (nSPS) is 12.3. The number of carbonyl (C=O) groups is 1. The monoisotopic (exact) mass is 276 g/mol. The predicted octanol–water partition coefficient (Wildman–Crippen LogP) is 3.00. The number of thiophene rings is 1. The summed E-state index contributed by atoms with van der Waals surface area (Å²) in [6.07, 6.45) is 3.58. The van der Waals surface area contributed by atoms with Crippen molar-refractivity contribution in [3.05, 3.63) is 51.5 Å². The first-order valence-electron chi connectivity index (χ1n) is 6.04. The highest BCUT2D eigenvalue weighted by Crippen LogP contribution is 2.22. The smallest absolute Gasteiger partial charge is 0.345 e. The lowest BCUT2D eigenvalue weighted by Crippen LogP contribution is -2.18. The van der Waals surface area contributed by atoms with Gasteiger partial charge in [0.05, 0.1) is 0 Å². The van der Waals surface area contributed by atoms with Gasteiger partial charge in [-0.1, -0.05) is 6.07 Å². The van der Waals surface area contributed by atoms with E-state index in [1.807, 2.05) is 25.3 Å². The fraction of sp³-hybridized carbons (Fsp3) is 0.286. The maximum Gasteiger partial charge on any atom is 0.345 e. The van der Waals surface area contributed by atoms with Gasteiger partial charge in [-0.25, -0.2) is 4.79 Å². The van der Waals surface area contributed by atoms with E-state index in [1.54, 1.807) is 12.3 Å². The minimum absolute atomic E-state index is 0.182. The molecule has 0 aromatic carbocycles. The number of aryl methyl sites for hydroxylation is 1. The number of aromatic carboxylic acids is 1. The molecular formula is C14H16N2O2S. The predicted molar refractivity (Wildman–Crippen MR) is 75.5 cm³/mol. The lowest BCUT2D eigenvalue weighted by Gasteiger charge is -2.13. The van der Waals surface area contributed by atoms with Crippen LogP contribution in [0.2, 0.25) is 0 Å². The molecule has 0 aliphatic carbocycles. The summed E-state index contributed by atoms with van der Waals surface area (Å²) < 4.78 is 0. The van der Waals surface area contributed by atoms with Gasteiger partial charge in [-0.05, 0) is 37.1 Å². The van der Waals surface area contributed by atoms with Gasteiger partial charge in [-0.15, -0.1) is 11.3 Å². The average Bonchev–Trinajstić information content (AvgIpc) is 2.79. The Balaban J connectivity index is 2.01. The molecule has 2 N–H and O–H groups in total. The minimum Gasteiger partial charge on any atom is -0.477 e. The standard InChI is InChI=1S/C14H16N2O2S/c1-9(11-4-3-5-15-7-11)16-8-12-6-13(14(17)18)19-10(12)2/h3-7,9,16H,8H2,1-2H3,(H,17,18). The minimum atomic E-state index is -0.861. The first-order valence-corrected chi connectivity index (χ1v) is 6.85. The molecule has 1 atom stereocenters. The molecule has 4 nitrogen and oxygen atoms in total. The van der Waals surface area contributed by atoms with Crippen molar-refractivity contribution in [2.75, 3.05) is 0 Å². The fourth-order valence-electron chi connectivity index (χ4n) is 1.81. The van der Waals surface area contributed by atoms with Crippen LogP contribution in [0.3, 0.4) is 0 Å². The summed E-state index contributed by atoms with van der Waals surface area (Å²) in [5.41, 5.74) is 2.16. The van der Waals surface area contributed by atoms with E-state index in [9.17, 15) is 4.79 Å². The molecule has 0 aliphatic heterocycles. The molecule has 19 heavy (non-hydrogen) atoms. The van der Waals surface area contributed by atoms with Crippen molar-refractivity contribution in [2.45, 2.75) is 26.4 Å². The maximum absolute atomic E-state index is 10.9. The molecule has 0 bridgehead atoms. The van der Waals surface area contributed by atoms with Crippen LogP contribution in [0.15, 0.2) is 30.6 Å². The Morgan fingerprint density at radius 1 is 1.58 bits per heavy atom. The second-order valence-electron chi connectivity index (χ2n) is 4.39. The van der Waals surface area contributed by atoms with Crippen LogP contribution < -0.4 is 5.32 Å². The third kappa shape index (κ3) is 3.39. The molecule has 0 saturated heterocycles. The Bertz CT molecular complexity index is 566.